The van der Waals surface area contributed by atoms with Gasteiger partial charge in [0.15, 0.2) is 0 Å². The van der Waals surface area contributed by atoms with Gasteiger partial charge in [-0.05, 0) is 24.0 Å². The molecule has 0 aromatic heterocycles. The number of hydrogen-bond donors (Lipinski definition) is 0. The molecule has 2 rings (SSSR count). The van der Waals surface area contributed by atoms with Crippen molar-refractivity contribution in [2.24, 2.45) is 0 Å². The average molecular weight is 233 g/mol. The van der Waals surface area contributed by atoms with Crippen LogP contribution in [0.2, 0.25) is 0 Å². The molecule has 0 aliphatic carbocycles. The molecule has 0 radical (unpaired) electrons. The normalized spacial score (nSPS) is 14.9. The predicted molar refractivity (Wildman–Crippen MR) is 64.5 cm³/mol. The van der Waals surface area contributed by atoms with Gasteiger partial charge in [0.1, 0.15) is 0 Å². The molecule has 0 saturated carbocycles. The standard InChI is InChI=1S/C12H11NO2S/c1-2-16-10-5-3-4-9(8-10)13-11(14)6-7-12(13)15/h3-8H,2H2,1H3. The van der Waals surface area contributed by atoms with E-state index in [2.05, 4.69) is 6.92 Å². The Morgan fingerprint density at radius 2 is 1.88 bits per heavy atom. The van der Waals surface area contributed by atoms with E-state index in [1.165, 1.54) is 17.1 Å². The van der Waals surface area contributed by atoms with E-state index < -0.39 is 0 Å². The van der Waals surface area contributed by atoms with E-state index in [0.717, 1.165) is 10.6 Å². The molecule has 1 aliphatic heterocycles. The highest BCUT2D eigenvalue weighted by Gasteiger charge is 2.24. The smallest absolute Gasteiger partial charge is 0.258 e. The second-order valence-corrected chi connectivity index (χ2v) is 4.61. The fourth-order valence-electron chi connectivity index (χ4n) is 1.53. The first-order valence-electron chi connectivity index (χ1n) is 5.01. The van der Waals surface area contributed by atoms with Crippen LogP contribution in [-0.2, 0) is 9.59 Å². The minimum atomic E-state index is -0.274. The summed E-state index contributed by atoms with van der Waals surface area (Å²) in [6.45, 7) is 2.06. The van der Waals surface area contributed by atoms with Crippen LogP contribution >= 0.6 is 11.8 Å². The molecule has 1 aromatic rings. The maximum Gasteiger partial charge on any atom is 0.258 e. The van der Waals surface area contributed by atoms with Crippen LogP contribution in [0.4, 0.5) is 5.69 Å². The van der Waals surface area contributed by atoms with E-state index >= 15 is 0 Å². The van der Waals surface area contributed by atoms with Crippen LogP contribution in [0.1, 0.15) is 6.92 Å². The number of imide groups is 1. The number of carbonyl (C=O) groups excluding carboxylic acids is 2. The maximum absolute atomic E-state index is 11.5. The largest absolute Gasteiger partial charge is 0.269 e. The average Bonchev–Trinajstić information content (AvgIpc) is 2.59. The van der Waals surface area contributed by atoms with Gasteiger partial charge in [0.2, 0.25) is 0 Å². The molecule has 1 aliphatic rings. The van der Waals surface area contributed by atoms with Gasteiger partial charge >= 0.3 is 0 Å². The van der Waals surface area contributed by atoms with Crippen molar-refractivity contribution in [3.05, 3.63) is 36.4 Å². The second kappa shape index (κ2) is 4.53. The Kier molecular flexibility index (Phi) is 3.10. The molecule has 0 N–H and O–H groups in total. The van der Waals surface area contributed by atoms with Gasteiger partial charge in [0.25, 0.3) is 11.8 Å². The Labute approximate surface area is 98.1 Å². The predicted octanol–water partition coefficient (Wildman–Crippen LogP) is 2.23. The highest BCUT2D eigenvalue weighted by molar-refractivity contribution is 7.99. The van der Waals surface area contributed by atoms with Gasteiger partial charge in [-0.25, -0.2) is 4.90 Å². The summed E-state index contributed by atoms with van der Waals surface area (Å²) in [6.07, 6.45) is 2.59. The SMILES string of the molecule is CCSc1cccc(N2C(=O)C=CC2=O)c1. The van der Waals surface area contributed by atoms with Gasteiger partial charge in [-0.2, -0.15) is 0 Å². The molecule has 0 saturated heterocycles. The summed E-state index contributed by atoms with van der Waals surface area (Å²) in [4.78, 5) is 25.2. The molecule has 0 bridgehead atoms. The molecule has 1 aromatic carbocycles. The number of rotatable bonds is 3. The molecule has 4 heteroatoms. The molecular formula is C12H11NO2S. The molecule has 1 heterocycles. The van der Waals surface area contributed by atoms with Crippen LogP contribution in [0.25, 0.3) is 0 Å². The number of carbonyl (C=O) groups is 2. The van der Waals surface area contributed by atoms with Gasteiger partial charge in [-0.15, -0.1) is 11.8 Å². The van der Waals surface area contributed by atoms with Crippen molar-refractivity contribution in [1.82, 2.24) is 0 Å². The van der Waals surface area contributed by atoms with Crippen molar-refractivity contribution in [1.29, 1.82) is 0 Å². The highest BCUT2D eigenvalue weighted by Crippen LogP contribution is 2.25. The number of benzene rings is 1. The molecule has 0 unspecified atom stereocenters. The zero-order chi connectivity index (χ0) is 11.5. The van der Waals surface area contributed by atoms with E-state index in [1.54, 1.807) is 17.8 Å². The molecule has 3 nitrogen and oxygen atoms in total. The van der Waals surface area contributed by atoms with E-state index in [9.17, 15) is 9.59 Å². The Morgan fingerprint density at radius 1 is 1.19 bits per heavy atom. The highest BCUT2D eigenvalue weighted by atomic mass is 32.2. The Bertz CT molecular complexity index is 450. The van der Waals surface area contributed by atoms with Crippen LogP contribution in [0.15, 0.2) is 41.3 Å². The minimum Gasteiger partial charge on any atom is -0.269 e. The van der Waals surface area contributed by atoms with Crippen LogP contribution in [0.5, 0.6) is 0 Å². The Morgan fingerprint density at radius 3 is 2.50 bits per heavy atom. The number of nitrogens with zero attached hydrogens (tertiary/aromatic N) is 1. The summed E-state index contributed by atoms with van der Waals surface area (Å²) in [7, 11) is 0. The van der Waals surface area contributed by atoms with Crippen LogP contribution in [0, 0.1) is 0 Å². The maximum atomic E-state index is 11.5. The van der Waals surface area contributed by atoms with Crippen molar-refractivity contribution < 1.29 is 9.59 Å². The summed E-state index contributed by atoms with van der Waals surface area (Å²) in [5.74, 6) is 0.413. The minimum absolute atomic E-state index is 0.274. The lowest BCUT2D eigenvalue weighted by Crippen LogP contribution is -2.29. The number of thioether (sulfide) groups is 1. The van der Waals surface area contributed by atoms with Crippen LogP contribution < -0.4 is 4.90 Å². The fourth-order valence-corrected chi connectivity index (χ4v) is 2.25. The molecule has 0 fully saturated rings. The quantitative estimate of drug-likeness (QED) is 0.593. The Hall–Kier alpha value is -1.55. The number of hydrogen-bond acceptors (Lipinski definition) is 3. The van der Waals surface area contributed by atoms with E-state index in [-0.39, 0.29) is 11.8 Å². The lowest BCUT2D eigenvalue weighted by atomic mass is 10.3. The monoisotopic (exact) mass is 233 g/mol. The van der Waals surface area contributed by atoms with Gasteiger partial charge in [-0.3, -0.25) is 9.59 Å². The summed E-state index contributed by atoms with van der Waals surface area (Å²) in [6, 6.07) is 7.45. The van der Waals surface area contributed by atoms with Crippen LogP contribution in [0.3, 0.4) is 0 Å². The fraction of sp³-hybridized carbons (Fsp3) is 0.167. The lowest BCUT2D eigenvalue weighted by Gasteiger charge is -2.14. The van der Waals surface area contributed by atoms with E-state index in [0.29, 0.717) is 5.69 Å². The van der Waals surface area contributed by atoms with Gasteiger partial charge in [0.05, 0.1) is 5.69 Å². The third-order valence-electron chi connectivity index (χ3n) is 2.20. The number of amides is 2. The zero-order valence-electron chi connectivity index (χ0n) is 8.84. The van der Waals surface area contributed by atoms with Crippen molar-refractivity contribution >= 4 is 29.3 Å². The first kappa shape index (κ1) is 11.0. The van der Waals surface area contributed by atoms with Crippen molar-refractivity contribution in [2.45, 2.75) is 11.8 Å². The van der Waals surface area contributed by atoms with Crippen molar-refractivity contribution in [2.75, 3.05) is 10.7 Å². The first-order chi connectivity index (χ1) is 7.72. The van der Waals surface area contributed by atoms with E-state index in [1.807, 2.05) is 18.2 Å². The molecular weight excluding hydrogens is 222 g/mol. The molecule has 0 atom stereocenters. The topological polar surface area (TPSA) is 37.4 Å². The molecule has 0 spiro atoms. The first-order valence-corrected chi connectivity index (χ1v) is 6.00. The Balaban J connectivity index is 2.30. The molecule has 82 valence electrons. The summed E-state index contributed by atoms with van der Waals surface area (Å²) in [5.41, 5.74) is 0.637. The van der Waals surface area contributed by atoms with Crippen molar-refractivity contribution in [3.63, 3.8) is 0 Å². The van der Waals surface area contributed by atoms with Crippen LogP contribution in [-0.4, -0.2) is 17.6 Å². The molecule has 2 amide bonds. The number of anilines is 1. The van der Waals surface area contributed by atoms with Gasteiger partial charge in [-0.1, -0.05) is 13.0 Å². The van der Waals surface area contributed by atoms with Gasteiger partial charge < -0.3 is 0 Å². The van der Waals surface area contributed by atoms with Crippen molar-refractivity contribution in [3.8, 4) is 0 Å². The third-order valence-corrected chi connectivity index (χ3v) is 3.07. The summed E-state index contributed by atoms with van der Waals surface area (Å²) >= 11 is 1.68. The summed E-state index contributed by atoms with van der Waals surface area (Å²) in [5, 5.41) is 0. The third kappa shape index (κ3) is 2.02. The molecule has 16 heavy (non-hydrogen) atoms. The lowest BCUT2D eigenvalue weighted by molar-refractivity contribution is -0.119. The second-order valence-electron chi connectivity index (χ2n) is 3.28. The summed E-state index contributed by atoms with van der Waals surface area (Å²) < 4.78 is 0. The zero-order valence-corrected chi connectivity index (χ0v) is 9.66. The van der Waals surface area contributed by atoms with Gasteiger partial charge in [0, 0.05) is 17.0 Å². The van der Waals surface area contributed by atoms with E-state index in [4.69, 9.17) is 0 Å².